The molecule has 0 saturated carbocycles. The number of H-pyrrole nitrogens is 1. The predicted octanol–water partition coefficient (Wildman–Crippen LogP) is 2.20. The Morgan fingerprint density at radius 3 is 2.94 bits per heavy atom. The SMILES string of the molecule is [2H]C(N(C)C)C([2H])([2H])c1c[nH]c2cccc(OC(C)=O)c12. The van der Waals surface area contributed by atoms with Crippen LogP contribution in [0, 0.1) is 0 Å². The Morgan fingerprint density at radius 2 is 2.28 bits per heavy atom. The number of carbonyl (C=O) groups is 1. The molecule has 0 fully saturated rings. The molecule has 2 rings (SSSR count). The van der Waals surface area contributed by atoms with Gasteiger partial charge in [-0.3, -0.25) is 4.79 Å². The smallest absolute Gasteiger partial charge is 0.308 e. The highest BCUT2D eigenvalue weighted by Crippen LogP contribution is 2.29. The Hall–Kier alpha value is -1.81. The van der Waals surface area contributed by atoms with Gasteiger partial charge in [-0.1, -0.05) is 6.07 Å². The van der Waals surface area contributed by atoms with E-state index in [0.717, 1.165) is 0 Å². The van der Waals surface area contributed by atoms with Gasteiger partial charge in [-0.2, -0.15) is 0 Å². The minimum Gasteiger partial charge on any atom is -0.426 e. The van der Waals surface area contributed by atoms with E-state index in [1.807, 2.05) is 0 Å². The Balaban J connectivity index is 2.62. The van der Waals surface area contributed by atoms with Gasteiger partial charge in [0.1, 0.15) is 5.75 Å². The first-order chi connectivity index (χ1) is 9.75. The zero-order chi connectivity index (χ0) is 15.8. The quantitative estimate of drug-likeness (QED) is 0.667. The molecule has 1 N–H and O–H groups in total. The highest BCUT2D eigenvalue weighted by Gasteiger charge is 2.11. The number of hydrogen-bond donors (Lipinski definition) is 1. The number of fused-ring (bicyclic) bond motifs is 1. The Morgan fingerprint density at radius 1 is 1.50 bits per heavy atom. The molecule has 0 bridgehead atoms. The van der Waals surface area contributed by atoms with Crippen LogP contribution in [0.25, 0.3) is 10.9 Å². The highest BCUT2D eigenvalue weighted by atomic mass is 16.5. The molecule has 0 amide bonds. The molecule has 4 nitrogen and oxygen atoms in total. The van der Waals surface area contributed by atoms with Crippen molar-refractivity contribution in [3.63, 3.8) is 0 Å². The van der Waals surface area contributed by atoms with Crippen LogP contribution in [-0.2, 0) is 11.2 Å². The molecular formula is C14H18N2O2. The van der Waals surface area contributed by atoms with Crippen molar-refractivity contribution in [3.05, 3.63) is 30.0 Å². The molecule has 96 valence electrons. The summed E-state index contributed by atoms with van der Waals surface area (Å²) in [5.74, 6) is -0.170. The monoisotopic (exact) mass is 249 g/mol. The molecule has 4 heteroatoms. The zero-order valence-electron chi connectivity index (χ0n) is 13.7. The number of aromatic nitrogens is 1. The van der Waals surface area contributed by atoms with Crippen LogP contribution in [0.3, 0.4) is 0 Å². The topological polar surface area (TPSA) is 45.3 Å². The lowest BCUT2D eigenvalue weighted by molar-refractivity contribution is -0.131. The largest absolute Gasteiger partial charge is 0.426 e. The maximum atomic E-state index is 11.2. The summed E-state index contributed by atoms with van der Waals surface area (Å²) in [6.45, 7) is 0.217. The van der Waals surface area contributed by atoms with Gasteiger partial charge in [0.2, 0.25) is 0 Å². The number of hydrogen-bond acceptors (Lipinski definition) is 3. The van der Waals surface area contributed by atoms with E-state index in [-0.39, 0.29) is 0 Å². The predicted molar refractivity (Wildman–Crippen MR) is 71.9 cm³/mol. The van der Waals surface area contributed by atoms with E-state index in [1.54, 1.807) is 32.3 Å². The standard InChI is InChI=1S/C14H18N2O2/c1-10(17)18-13-6-4-5-12-14(13)11(9-15-12)7-8-16(2)3/h4-6,9,15H,7-8H2,1-3H3/i7D2,8D. The first-order valence-corrected chi connectivity index (χ1v) is 5.63. The van der Waals surface area contributed by atoms with Gasteiger partial charge in [0.25, 0.3) is 0 Å². The number of nitrogens with one attached hydrogen (secondary N) is 1. The molecule has 1 aromatic carbocycles. The van der Waals surface area contributed by atoms with E-state index >= 15 is 0 Å². The molecule has 0 saturated heterocycles. The van der Waals surface area contributed by atoms with Crippen molar-refractivity contribution in [2.45, 2.75) is 13.3 Å². The molecule has 0 aliphatic rings. The van der Waals surface area contributed by atoms with E-state index in [4.69, 9.17) is 8.85 Å². The van der Waals surface area contributed by atoms with Gasteiger partial charge >= 0.3 is 5.97 Å². The lowest BCUT2D eigenvalue weighted by Gasteiger charge is -2.09. The third-order valence-electron chi connectivity index (χ3n) is 2.40. The van der Waals surface area contributed by atoms with E-state index in [0.29, 0.717) is 22.2 Å². The summed E-state index contributed by atoms with van der Waals surface area (Å²) in [4.78, 5) is 15.7. The zero-order valence-corrected chi connectivity index (χ0v) is 10.7. The van der Waals surface area contributed by atoms with Crippen LogP contribution in [0.15, 0.2) is 24.4 Å². The summed E-state index contributed by atoms with van der Waals surface area (Å²) in [5.41, 5.74) is 0.974. The lowest BCUT2D eigenvalue weighted by Crippen LogP contribution is -2.15. The molecule has 2 aromatic rings. The third kappa shape index (κ3) is 2.71. The highest BCUT2D eigenvalue weighted by molar-refractivity contribution is 5.91. The second-order valence-electron chi connectivity index (χ2n) is 4.21. The molecule has 1 unspecified atom stereocenters. The van der Waals surface area contributed by atoms with Crippen LogP contribution in [0.2, 0.25) is 0 Å². The minimum absolute atomic E-state index is 0.297. The van der Waals surface area contributed by atoms with E-state index in [2.05, 4.69) is 4.98 Å². The van der Waals surface area contributed by atoms with Crippen LogP contribution in [0.4, 0.5) is 0 Å². The van der Waals surface area contributed by atoms with Gasteiger partial charge in [-0.15, -0.1) is 0 Å². The number of rotatable bonds is 4. The molecule has 0 spiro atoms. The van der Waals surface area contributed by atoms with Crippen molar-refractivity contribution in [2.75, 3.05) is 20.6 Å². The van der Waals surface area contributed by atoms with Crippen LogP contribution < -0.4 is 4.74 Å². The number of benzene rings is 1. The number of aryl methyl sites for hydroxylation is 1. The van der Waals surface area contributed by atoms with Crippen LogP contribution in [0.5, 0.6) is 5.75 Å². The fourth-order valence-corrected chi connectivity index (χ4v) is 1.70. The number of nitrogens with zero attached hydrogens (tertiary/aromatic N) is 1. The Labute approximate surface area is 111 Å². The summed E-state index contributed by atoms with van der Waals surface area (Å²) < 4.78 is 29.7. The average Bonchev–Trinajstić information content (AvgIpc) is 2.82. The summed E-state index contributed by atoms with van der Waals surface area (Å²) in [6, 6.07) is 5.11. The van der Waals surface area contributed by atoms with Crippen molar-refractivity contribution in [1.82, 2.24) is 9.88 Å². The summed E-state index contributed by atoms with van der Waals surface area (Å²) in [6.07, 6.45) is -0.388. The fourth-order valence-electron chi connectivity index (χ4n) is 1.70. The van der Waals surface area contributed by atoms with Crippen LogP contribution in [0.1, 0.15) is 16.6 Å². The van der Waals surface area contributed by atoms with Gasteiger partial charge < -0.3 is 14.6 Å². The molecule has 0 aliphatic heterocycles. The first kappa shape index (κ1) is 9.16. The normalized spacial score (nSPS) is 16.1. The summed E-state index contributed by atoms with van der Waals surface area (Å²) >= 11 is 0. The second kappa shape index (κ2) is 5.23. The number of ether oxygens (including phenoxy) is 1. The molecule has 0 aliphatic carbocycles. The van der Waals surface area contributed by atoms with Crippen LogP contribution >= 0.6 is 0 Å². The van der Waals surface area contributed by atoms with Gasteiger partial charge in [-0.25, -0.2) is 0 Å². The number of carbonyl (C=O) groups excluding carboxylic acids is 1. The number of esters is 1. The maximum Gasteiger partial charge on any atom is 0.308 e. The number of likely N-dealkylation sites (N-methyl/N-ethyl adjacent to an activating group) is 1. The average molecular weight is 249 g/mol. The van der Waals surface area contributed by atoms with Crippen molar-refractivity contribution in [2.24, 2.45) is 0 Å². The molecule has 18 heavy (non-hydrogen) atoms. The minimum atomic E-state index is -1.92. The maximum absolute atomic E-state index is 11.2. The van der Waals surface area contributed by atoms with Crippen LogP contribution in [-0.4, -0.2) is 36.5 Å². The molecular weight excluding hydrogens is 228 g/mol. The third-order valence-corrected chi connectivity index (χ3v) is 2.40. The molecule has 0 radical (unpaired) electrons. The lowest BCUT2D eigenvalue weighted by atomic mass is 10.1. The molecule has 1 atom stereocenters. The Bertz CT molecular complexity index is 667. The first-order valence-electron chi connectivity index (χ1n) is 7.20. The van der Waals surface area contributed by atoms with Crippen molar-refractivity contribution < 1.29 is 13.6 Å². The fraction of sp³-hybridized carbons (Fsp3) is 0.357. The van der Waals surface area contributed by atoms with Gasteiger partial charge in [0.05, 0.1) is 0 Å². The van der Waals surface area contributed by atoms with Crippen molar-refractivity contribution in [3.8, 4) is 5.75 Å². The van der Waals surface area contributed by atoms with E-state index in [9.17, 15) is 4.79 Å². The van der Waals surface area contributed by atoms with Gasteiger partial charge in [-0.05, 0) is 38.2 Å². The van der Waals surface area contributed by atoms with Gasteiger partial charge in [0.15, 0.2) is 0 Å². The molecule has 1 heterocycles. The van der Waals surface area contributed by atoms with Crippen molar-refractivity contribution in [1.29, 1.82) is 0 Å². The number of aromatic amines is 1. The van der Waals surface area contributed by atoms with Gasteiger partial charge in [0, 0.05) is 34.7 Å². The van der Waals surface area contributed by atoms with E-state index in [1.165, 1.54) is 18.0 Å². The Kier molecular flexibility index (Phi) is 2.66. The summed E-state index contributed by atoms with van der Waals surface area (Å²) in [7, 11) is 3.30. The van der Waals surface area contributed by atoms with E-state index < -0.39 is 18.9 Å². The summed E-state index contributed by atoms with van der Waals surface area (Å²) in [5, 5.41) is 0.497. The van der Waals surface area contributed by atoms with Crippen molar-refractivity contribution >= 4 is 16.9 Å². The molecule has 1 aromatic heterocycles. The second-order valence-corrected chi connectivity index (χ2v) is 4.21.